The van der Waals surface area contributed by atoms with Crippen LogP contribution in [-0.2, 0) is 11.3 Å². The number of nitrogens with one attached hydrogen (secondary N) is 1. The highest BCUT2D eigenvalue weighted by Gasteiger charge is 2.30. The average molecular weight is 367 g/mol. The molecule has 8 heteroatoms. The molecule has 2 rings (SSSR count). The molecule has 0 heterocycles. The number of benzene rings is 2. The predicted molar refractivity (Wildman–Crippen MR) is 92.6 cm³/mol. The maximum atomic E-state index is 12.1. The summed E-state index contributed by atoms with van der Waals surface area (Å²) in [5.41, 5.74) is 7.54. The van der Waals surface area contributed by atoms with Gasteiger partial charge in [-0.2, -0.15) is 0 Å². The number of aliphatic imine (C=N–C) groups is 1. The van der Waals surface area contributed by atoms with Crippen LogP contribution in [0, 0.1) is 0 Å². The molecule has 140 valence electrons. The number of alkyl halides is 3. The van der Waals surface area contributed by atoms with Gasteiger partial charge in [-0.3, -0.25) is 0 Å². The third-order valence-corrected chi connectivity index (χ3v) is 3.51. The highest BCUT2D eigenvalue weighted by Crippen LogP contribution is 2.22. The molecule has 2 aromatic carbocycles. The average Bonchev–Trinajstić information content (AvgIpc) is 2.61. The lowest BCUT2D eigenvalue weighted by atomic mass is 10.1. The normalized spacial score (nSPS) is 13.3. The van der Waals surface area contributed by atoms with Crippen molar-refractivity contribution in [2.45, 2.75) is 19.0 Å². The molecule has 0 fully saturated rings. The van der Waals surface area contributed by atoms with Gasteiger partial charge in [0.2, 0.25) is 0 Å². The standard InChI is InChI=1S/C18H20F3N3O2/c1-25-16(14-5-3-2-4-6-14)12-24-17(22)23-11-13-7-9-15(10-8-13)26-18(19,20)21/h2-10,16H,11-12H2,1H3,(H3,22,23,24). The van der Waals surface area contributed by atoms with E-state index in [0.29, 0.717) is 12.1 Å². The van der Waals surface area contributed by atoms with Crippen molar-refractivity contribution >= 4 is 5.96 Å². The molecule has 5 nitrogen and oxygen atoms in total. The van der Waals surface area contributed by atoms with Crippen LogP contribution in [0.1, 0.15) is 17.2 Å². The lowest BCUT2D eigenvalue weighted by Gasteiger charge is -2.16. The van der Waals surface area contributed by atoms with Gasteiger partial charge in [-0.05, 0) is 23.3 Å². The highest BCUT2D eigenvalue weighted by molar-refractivity contribution is 5.77. The van der Waals surface area contributed by atoms with Gasteiger partial charge < -0.3 is 20.5 Å². The van der Waals surface area contributed by atoms with Gasteiger partial charge in [-0.1, -0.05) is 42.5 Å². The summed E-state index contributed by atoms with van der Waals surface area (Å²) in [7, 11) is 1.61. The number of hydrogen-bond donors (Lipinski definition) is 2. The van der Waals surface area contributed by atoms with Crippen LogP contribution in [0.2, 0.25) is 0 Å². The van der Waals surface area contributed by atoms with Gasteiger partial charge in [-0.15, -0.1) is 13.2 Å². The van der Waals surface area contributed by atoms with E-state index in [-0.39, 0.29) is 24.4 Å². The molecule has 0 bridgehead atoms. The fourth-order valence-corrected chi connectivity index (χ4v) is 2.23. The number of ether oxygens (including phenoxy) is 2. The Kier molecular flexibility index (Phi) is 6.85. The number of guanidine groups is 1. The third kappa shape index (κ3) is 6.64. The third-order valence-electron chi connectivity index (χ3n) is 3.51. The molecule has 0 aliphatic carbocycles. The van der Waals surface area contributed by atoms with E-state index in [4.69, 9.17) is 10.5 Å². The Hall–Kier alpha value is -2.74. The smallest absolute Gasteiger partial charge is 0.406 e. The SMILES string of the molecule is COC(CNC(N)=NCc1ccc(OC(F)(F)F)cc1)c1ccccc1. The van der Waals surface area contributed by atoms with Gasteiger partial charge in [0.05, 0.1) is 12.6 Å². The molecule has 26 heavy (non-hydrogen) atoms. The highest BCUT2D eigenvalue weighted by atomic mass is 19.4. The molecule has 1 atom stereocenters. The van der Waals surface area contributed by atoms with E-state index in [1.165, 1.54) is 24.3 Å². The van der Waals surface area contributed by atoms with Crippen molar-refractivity contribution in [3.63, 3.8) is 0 Å². The van der Waals surface area contributed by atoms with E-state index in [1.54, 1.807) is 7.11 Å². The monoisotopic (exact) mass is 367 g/mol. The van der Waals surface area contributed by atoms with Crippen LogP contribution in [0.15, 0.2) is 59.6 Å². The Bertz CT molecular complexity index is 704. The number of nitrogens with zero attached hydrogens (tertiary/aromatic N) is 1. The molecule has 2 aromatic rings. The van der Waals surface area contributed by atoms with Crippen molar-refractivity contribution in [3.05, 3.63) is 65.7 Å². The number of hydrogen-bond acceptors (Lipinski definition) is 3. The van der Waals surface area contributed by atoms with Crippen LogP contribution in [0.25, 0.3) is 0 Å². The summed E-state index contributed by atoms with van der Waals surface area (Å²) in [5.74, 6) is -0.0549. The summed E-state index contributed by atoms with van der Waals surface area (Å²) < 4.78 is 45.6. The summed E-state index contributed by atoms with van der Waals surface area (Å²) in [4.78, 5) is 4.16. The first-order valence-electron chi connectivity index (χ1n) is 7.83. The van der Waals surface area contributed by atoms with Crippen LogP contribution in [-0.4, -0.2) is 26.0 Å². The van der Waals surface area contributed by atoms with Crippen LogP contribution in [0.5, 0.6) is 5.75 Å². The Labute approximate surface area is 149 Å². The van der Waals surface area contributed by atoms with E-state index >= 15 is 0 Å². The fraction of sp³-hybridized carbons (Fsp3) is 0.278. The predicted octanol–water partition coefficient (Wildman–Crippen LogP) is 3.38. The minimum absolute atomic E-state index is 0.177. The molecule has 3 N–H and O–H groups in total. The van der Waals surface area contributed by atoms with Gasteiger partial charge >= 0.3 is 6.36 Å². The van der Waals surface area contributed by atoms with Crippen molar-refractivity contribution in [3.8, 4) is 5.75 Å². The van der Waals surface area contributed by atoms with Crippen molar-refractivity contribution in [1.29, 1.82) is 0 Å². The van der Waals surface area contributed by atoms with Crippen LogP contribution in [0.4, 0.5) is 13.2 Å². The van der Waals surface area contributed by atoms with Crippen molar-refractivity contribution in [2.24, 2.45) is 10.7 Å². The summed E-state index contributed by atoms with van der Waals surface area (Å²) >= 11 is 0. The molecule has 0 spiro atoms. The first-order chi connectivity index (χ1) is 12.4. The van der Waals surface area contributed by atoms with Gasteiger partial charge in [0.15, 0.2) is 5.96 Å². The molecule has 0 radical (unpaired) electrons. The molecule has 0 saturated carbocycles. The summed E-state index contributed by atoms with van der Waals surface area (Å²) in [6.45, 7) is 0.669. The summed E-state index contributed by atoms with van der Waals surface area (Å²) in [5, 5.41) is 2.97. The maximum Gasteiger partial charge on any atom is 0.573 e. The first kappa shape index (κ1) is 19.6. The maximum absolute atomic E-state index is 12.1. The van der Waals surface area contributed by atoms with Crippen molar-refractivity contribution < 1.29 is 22.6 Å². The number of rotatable bonds is 7. The van der Waals surface area contributed by atoms with Gasteiger partial charge in [-0.25, -0.2) is 4.99 Å². The van der Waals surface area contributed by atoms with Crippen LogP contribution in [0.3, 0.4) is 0 Å². The minimum atomic E-state index is -4.70. The molecular weight excluding hydrogens is 347 g/mol. The summed E-state index contributed by atoms with van der Waals surface area (Å²) in [6.07, 6.45) is -4.88. The van der Waals surface area contributed by atoms with E-state index in [9.17, 15) is 13.2 Å². The lowest BCUT2D eigenvalue weighted by molar-refractivity contribution is -0.274. The Morgan fingerprint density at radius 2 is 1.77 bits per heavy atom. The van der Waals surface area contributed by atoms with Crippen LogP contribution < -0.4 is 15.8 Å². The molecule has 0 aromatic heterocycles. The van der Waals surface area contributed by atoms with Crippen LogP contribution >= 0.6 is 0 Å². The topological polar surface area (TPSA) is 68.9 Å². The molecule has 0 aliphatic heterocycles. The zero-order chi connectivity index (χ0) is 19.0. The van der Waals surface area contributed by atoms with E-state index in [0.717, 1.165) is 5.56 Å². The van der Waals surface area contributed by atoms with E-state index < -0.39 is 6.36 Å². The first-order valence-corrected chi connectivity index (χ1v) is 7.83. The van der Waals surface area contributed by atoms with Crippen molar-refractivity contribution in [2.75, 3.05) is 13.7 Å². The number of nitrogens with two attached hydrogens (primary N) is 1. The zero-order valence-electron chi connectivity index (χ0n) is 14.2. The van der Waals surface area contributed by atoms with Gasteiger partial charge in [0.1, 0.15) is 5.75 Å². The lowest BCUT2D eigenvalue weighted by Crippen LogP contribution is -2.35. The Morgan fingerprint density at radius 1 is 1.12 bits per heavy atom. The Morgan fingerprint density at radius 3 is 2.35 bits per heavy atom. The summed E-state index contributed by atoms with van der Waals surface area (Å²) in [6, 6.07) is 15.1. The molecule has 0 saturated heterocycles. The molecule has 0 aliphatic rings. The van der Waals surface area contributed by atoms with E-state index in [2.05, 4.69) is 15.0 Å². The van der Waals surface area contributed by atoms with Gasteiger partial charge in [0, 0.05) is 13.7 Å². The second-order valence-electron chi connectivity index (χ2n) is 5.41. The number of methoxy groups -OCH3 is 1. The van der Waals surface area contributed by atoms with Gasteiger partial charge in [0.25, 0.3) is 0 Å². The fourth-order valence-electron chi connectivity index (χ4n) is 2.23. The molecular formula is C18H20F3N3O2. The second-order valence-corrected chi connectivity index (χ2v) is 5.41. The quantitative estimate of drug-likeness (QED) is 0.582. The zero-order valence-corrected chi connectivity index (χ0v) is 14.2. The largest absolute Gasteiger partial charge is 0.573 e. The van der Waals surface area contributed by atoms with E-state index in [1.807, 2.05) is 30.3 Å². The molecule has 0 amide bonds. The second kappa shape index (κ2) is 9.10. The van der Waals surface area contributed by atoms with Crippen molar-refractivity contribution in [1.82, 2.24) is 5.32 Å². The molecule has 1 unspecified atom stereocenters. The minimum Gasteiger partial charge on any atom is -0.406 e. The Balaban J connectivity index is 1.86. The number of halogens is 3.